The lowest BCUT2D eigenvalue weighted by atomic mass is 10.4. The molecule has 0 aliphatic heterocycles. The van der Waals surface area contributed by atoms with Crippen molar-refractivity contribution in [1.29, 1.82) is 0 Å². The minimum absolute atomic E-state index is 0.488. The van der Waals surface area contributed by atoms with Crippen LogP contribution in [0.5, 0.6) is 0 Å². The molecule has 0 aliphatic carbocycles. The molecule has 15 heavy (non-hydrogen) atoms. The molecule has 0 fully saturated rings. The molecule has 84 valence electrons. The van der Waals surface area contributed by atoms with Crippen LogP contribution in [0.25, 0.3) is 0 Å². The number of thiazole rings is 1. The average molecular weight is 228 g/mol. The topological polar surface area (TPSA) is 80.0 Å². The molecule has 0 radical (unpaired) electrons. The van der Waals surface area contributed by atoms with E-state index in [-0.39, 0.29) is 0 Å². The molecule has 1 aromatic heterocycles. The van der Waals surface area contributed by atoms with Crippen LogP contribution in [0.4, 0.5) is 4.79 Å². The second kappa shape index (κ2) is 5.67. The summed E-state index contributed by atoms with van der Waals surface area (Å²) in [5.74, 6) is 0. The monoisotopic (exact) mass is 228 g/mol. The number of aryl methyl sites for hydroxylation is 2. The van der Waals surface area contributed by atoms with Crippen molar-refractivity contribution in [2.75, 3.05) is 13.1 Å². The number of nitrogens with two attached hydrogens (primary N) is 1. The predicted octanol–water partition coefficient (Wildman–Crippen LogP) is 0.518. The van der Waals surface area contributed by atoms with Crippen molar-refractivity contribution < 1.29 is 4.79 Å². The summed E-state index contributed by atoms with van der Waals surface area (Å²) in [7, 11) is 0. The summed E-state index contributed by atoms with van der Waals surface area (Å²) in [4.78, 5) is 16.0. The molecule has 6 heteroatoms. The second-order valence-electron chi connectivity index (χ2n) is 3.22. The molecule has 0 saturated carbocycles. The Bertz CT molecular complexity index is 317. The van der Waals surface area contributed by atoms with E-state index in [9.17, 15) is 4.79 Å². The third-order valence-electron chi connectivity index (χ3n) is 1.95. The van der Waals surface area contributed by atoms with Crippen LogP contribution in [-0.4, -0.2) is 24.1 Å². The number of urea groups is 1. The number of nitrogens with zero attached hydrogens (tertiary/aromatic N) is 1. The van der Waals surface area contributed by atoms with Gasteiger partial charge in [-0.3, -0.25) is 0 Å². The number of carbonyl (C=O) groups excluding carboxylic acids is 1. The van der Waals surface area contributed by atoms with Crippen LogP contribution in [0.15, 0.2) is 0 Å². The zero-order valence-electron chi connectivity index (χ0n) is 8.96. The van der Waals surface area contributed by atoms with Crippen LogP contribution in [0.2, 0.25) is 0 Å². The molecule has 0 bridgehead atoms. The van der Waals surface area contributed by atoms with Gasteiger partial charge in [0.25, 0.3) is 0 Å². The van der Waals surface area contributed by atoms with Gasteiger partial charge in [0.2, 0.25) is 0 Å². The first-order chi connectivity index (χ1) is 7.09. The highest BCUT2D eigenvalue weighted by atomic mass is 32.1. The van der Waals surface area contributed by atoms with E-state index >= 15 is 0 Å². The van der Waals surface area contributed by atoms with Crippen molar-refractivity contribution in [2.45, 2.75) is 20.4 Å². The lowest BCUT2D eigenvalue weighted by molar-refractivity contribution is 0.249. The fourth-order valence-corrected chi connectivity index (χ4v) is 1.99. The number of aromatic nitrogens is 1. The largest absolute Gasteiger partial charge is 0.352 e. The lowest BCUT2D eigenvalue weighted by Gasteiger charge is -2.02. The van der Waals surface area contributed by atoms with E-state index in [4.69, 9.17) is 5.73 Å². The number of amides is 2. The Hall–Kier alpha value is -1.14. The number of carbonyl (C=O) groups is 1. The minimum Gasteiger partial charge on any atom is -0.352 e. The Kier molecular flexibility index (Phi) is 4.51. The molecule has 0 unspecified atom stereocenters. The van der Waals surface area contributed by atoms with E-state index < -0.39 is 6.03 Å². The van der Waals surface area contributed by atoms with E-state index in [1.54, 1.807) is 11.3 Å². The fraction of sp³-hybridized carbons (Fsp3) is 0.556. The Morgan fingerprint density at radius 3 is 2.73 bits per heavy atom. The smallest absolute Gasteiger partial charge is 0.312 e. The summed E-state index contributed by atoms with van der Waals surface area (Å²) in [6.45, 7) is 6.04. The average Bonchev–Trinajstić information content (AvgIpc) is 2.45. The maximum absolute atomic E-state index is 10.4. The second-order valence-corrected chi connectivity index (χ2v) is 4.50. The summed E-state index contributed by atoms with van der Waals surface area (Å²) in [5, 5.41) is 6.76. The maximum Gasteiger partial charge on any atom is 0.312 e. The number of hydrogen-bond donors (Lipinski definition) is 3. The molecule has 0 saturated heterocycles. The standard InChI is InChI=1S/C9H16N4OS/c1-6-7(2)15-8(13-6)5-11-3-4-12-9(10)14/h11H,3-5H2,1-2H3,(H3,10,12,14). The lowest BCUT2D eigenvalue weighted by Crippen LogP contribution is -2.35. The Morgan fingerprint density at radius 2 is 2.20 bits per heavy atom. The first-order valence-corrected chi connectivity index (χ1v) is 5.58. The minimum atomic E-state index is -0.488. The van der Waals surface area contributed by atoms with Crippen LogP contribution in [-0.2, 0) is 6.54 Å². The summed E-state index contributed by atoms with van der Waals surface area (Å²) in [6.07, 6.45) is 0. The summed E-state index contributed by atoms with van der Waals surface area (Å²) in [5.41, 5.74) is 6.01. The predicted molar refractivity (Wildman–Crippen MR) is 60.9 cm³/mol. The van der Waals surface area contributed by atoms with E-state index in [1.165, 1.54) is 4.88 Å². The van der Waals surface area contributed by atoms with Crippen molar-refractivity contribution in [2.24, 2.45) is 5.73 Å². The Morgan fingerprint density at radius 1 is 1.47 bits per heavy atom. The first kappa shape index (κ1) is 11.9. The summed E-state index contributed by atoms with van der Waals surface area (Å²) >= 11 is 1.69. The van der Waals surface area contributed by atoms with Crippen molar-refractivity contribution in [3.05, 3.63) is 15.6 Å². The van der Waals surface area contributed by atoms with Crippen LogP contribution in [0, 0.1) is 13.8 Å². The van der Waals surface area contributed by atoms with Gasteiger partial charge in [-0.2, -0.15) is 0 Å². The molecule has 4 N–H and O–H groups in total. The highest BCUT2D eigenvalue weighted by Crippen LogP contribution is 2.15. The summed E-state index contributed by atoms with van der Waals surface area (Å²) < 4.78 is 0. The molecule has 0 atom stereocenters. The number of hydrogen-bond acceptors (Lipinski definition) is 4. The van der Waals surface area contributed by atoms with Gasteiger partial charge in [0.15, 0.2) is 0 Å². The van der Waals surface area contributed by atoms with Gasteiger partial charge < -0.3 is 16.4 Å². The highest BCUT2D eigenvalue weighted by molar-refractivity contribution is 7.11. The highest BCUT2D eigenvalue weighted by Gasteiger charge is 2.02. The molecular weight excluding hydrogens is 212 g/mol. The summed E-state index contributed by atoms with van der Waals surface area (Å²) in [6, 6.07) is -0.488. The molecule has 0 aromatic carbocycles. The molecule has 2 amide bonds. The van der Waals surface area contributed by atoms with Crippen LogP contribution < -0.4 is 16.4 Å². The van der Waals surface area contributed by atoms with Gasteiger partial charge in [-0.25, -0.2) is 9.78 Å². The molecule has 1 aromatic rings. The first-order valence-electron chi connectivity index (χ1n) is 4.76. The van der Waals surface area contributed by atoms with Gasteiger partial charge in [-0.15, -0.1) is 11.3 Å². The van der Waals surface area contributed by atoms with Gasteiger partial charge in [0, 0.05) is 24.5 Å². The fourth-order valence-electron chi connectivity index (χ4n) is 1.08. The van der Waals surface area contributed by atoms with Crippen molar-refractivity contribution >= 4 is 17.4 Å². The van der Waals surface area contributed by atoms with Gasteiger partial charge in [0.05, 0.1) is 5.69 Å². The maximum atomic E-state index is 10.4. The third kappa shape index (κ3) is 4.26. The van der Waals surface area contributed by atoms with Crippen LogP contribution in [0.3, 0.4) is 0 Å². The third-order valence-corrected chi connectivity index (χ3v) is 3.02. The molecule has 1 rings (SSSR count). The number of rotatable bonds is 5. The molecule has 0 spiro atoms. The molecular formula is C9H16N4OS. The molecule has 1 heterocycles. The number of primary amides is 1. The van der Waals surface area contributed by atoms with E-state index in [0.29, 0.717) is 13.1 Å². The van der Waals surface area contributed by atoms with Crippen LogP contribution >= 0.6 is 11.3 Å². The zero-order valence-corrected chi connectivity index (χ0v) is 9.78. The van der Waals surface area contributed by atoms with Crippen LogP contribution in [0.1, 0.15) is 15.6 Å². The molecule has 5 nitrogen and oxygen atoms in total. The van der Waals surface area contributed by atoms with Crippen molar-refractivity contribution in [1.82, 2.24) is 15.6 Å². The van der Waals surface area contributed by atoms with E-state index in [2.05, 4.69) is 22.5 Å². The SMILES string of the molecule is Cc1nc(CNCCNC(N)=O)sc1C. The normalized spacial score (nSPS) is 10.3. The van der Waals surface area contributed by atoms with Gasteiger partial charge in [-0.05, 0) is 13.8 Å². The van der Waals surface area contributed by atoms with Crippen molar-refractivity contribution in [3.8, 4) is 0 Å². The Labute approximate surface area is 93.1 Å². The molecule has 0 aliphatic rings. The van der Waals surface area contributed by atoms with E-state index in [0.717, 1.165) is 17.2 Å². The van der Waals surface area contributed by atoms with Crippen molar-refractivity contribution in [3.63, 3.8) is 0 Å². The van der Waals surface area contributed by atoms with Gasteiger partial charge in [-0.1, -0.05) is 0 Å². The quantitative estimate of drug-likeness (QED) is 0.643. The zero-order chi connectivity index (χ0) is 11.3. The van der Waals surface area contributed by atoms with Gasteiger partial charge >= 0.3 is 6.03 Å². The van der Waals surface area contributed by atoms with Gasteiger partial charge in [0.1, 0.15) is 5.01 Å². The Balaban J connectivity index is 2.18. The number of nitrogens with one attached hydrogen (secondary N) is 2. The van der Waals surface area contributed by atoms with E-state index in [1.807, 2.05) is 6.92 Å².